The Balaban J connectivity index is 1.95. The molecule has 0 radical (unpaired) electrons. The Bertz CT molecular complexity index is 1010. The summed E-state index contributed by atoms with van der Waals surface area (Å²) in [4.78, 5) is 14.6. The summed E-state index contributed by atoms with van der Waals surface area (Å²) in [5.74, 6) is 0.379. The Morgan fingerprint density at radius 3 is 2.54 bits per heavy atom. The summed E-state index contributed by atoms with van der Waals surface area (Å²) in [6.07, 6.45) is 1.65. The molecular weight excluding hydrogens is 376 g/mol. The lowest BCUT2D eigenvalue weighted by atomic mass is 9.93. The second-order valence-electron chi connectivity index (χ2n) is 7.48. The molecule has 0 unspecified atom stereocenters. The molecule has 1 amide bonds. The van der Waals surface area contributed by atoms with E-state index in [2.05, 4.69) is 11.3 Å². The van der Waals surface area contributed by atoms with Gasteiger partial charge in [0.15, 0.2) is 0 Å². The summed E-state index contributed by atoms with van der Waals surface area (Å²) in [5.41, 5.74) is 1.23. The van der Waals surface area contributed by atoms with Crippen molar-refractivity contribution in [3.8, 4) is 5.75 Å². The van der Waals surface area contributed by atoms with Crippen molar-refractivity contribution < 1.29 is 17.9 Å². The largest absolute Gasteiger partial charge is 0.490 e. The van der Waals surface area contributed by atoms with Gasteiger partial charge in [-0.2, -0.15) is 0 Å². The second kappa shape index (κ2) is 7.31. The fourth-order valence-corrected chi connectivity index (χ4v) is 4.00. The number of amides is 1. The first-order valence-corrected chi connectivity index (χ1v) is 10.4. The SMILES string of the molecule is C=CCN1C(=O)C(C)(C)COc2cc(NS(=O)(=O)c3ccc(C)cc3)ccc21. The van der Waals surface area contributed by atoms with Gasteiger partial charge in [0.25, 0.3) is 10.0 Å². The maximum absolute atomic E-state index is 12.8. The van der Waals surface area contributed by atoms with E-state index in [1.165, 1.54) is 0 Å². The molecule has 7 heteroatoms. The maximum atomic E-state index is 12.8. The molecule has 1 aliphatic rings. The number of carbonyl (C=O) groups excluding carboxylic acids is 1. The highest BCUT2D eigenvalue weighted by molar-refractivity contribution is 7.92. The quantitative estimate of drug-likeness (QED) is 0.776. The van der Waals surface area contributed by atoms with Crippen LogP contribution in [0.15, 0.2) is 60.0 Å². The fraction of sp³-hybridized carbons (Fsp3) is 0.286. The average molecular weight is 401 g/mol. The smallest absolute Gasteiger partial charge is 0.261 e. The first-order valence-electron chi connectivity index (χ1n) is 8.93. The normalized spacial score (nSPS) is 16.0. The van der Waals surface area contributed by atoms with Gasteiger partial charge in [0.1, 0.15) is 12.4 Å². The molecule has 0 saturated carbocycles. The molecule has 1 heterocycles. The third-order valence-corrected chi connectivity index (χ3v) is 5.96. The Kier molecular flexibility index (Phi) is 5.21. The van der Waals surface area contributed by atoms with Crippen molar-refractivity contribution in [2.75, 3.05) is 22.8 Å². The van der Waals surface area contributed by atoms with E-state index in [0.29, 0.717) is 23.7 Å². The molecule has 28 heavy (non-hydrogen) atoms. The van der Waals surface area contributed by atoms with Gasteiger partial charge in [0.05, 0.1) is 21.7 Å². The summed E-state index contributed by atoms with van der Waals surface area (Å²) in [7, 11) is -3.73. The van der Waals surface area contributed by atoms with Gasteiger partial charge < -0.3 is 9.64 Å². The number of fused-ring (bicyclic) bond motifs is 1. The van der Waals surface area contributed by atoms with Crippen LogP contribution in [0, 0.1) is 12.3 Å². The van der Waals surface area contributed by atoms with Gasteiger partial charge in [0, 0.05) is 12.6 Å². The number of hydrogen-bond acceptors (Lipinski definition) is 4. The molecule has 0 aromatic heterocycles. The van der Waals surface area contributed by atoms with Gasteiger partial charge in [-0.1, -0.05) is 23.8 Å². The first kappa shape index (κ1) is 19.9. The number of nitrogens with zero attached hydrogens (tertiary/aromatic N) is 1. The molecule has 0 spiro atoms. The number of rotatable bonds is 5. The van der Waals surface area contributed by atoms with E-state index in [9.17, 15) is 13.2 Å². The molecule has 1 N–H and O–H groups in total. The van der Waals surface area contributed by atoms with E-state index in [1.807, 2.05) is 20.8 Å². The molecule has 0 saturated heterocycles. The highest BCUT2D eigenvalue weighted by Gasteiger charge is 2.37. The minimum atomic E-state index is -3.73. The van der Waals surface area contributed by atoms with E-state index >= 15 is 0 Å². The van der Waals surface area contributed by atoms with Gasteiger partial charge in [-0.3, -0.25) is 9.52 Å². The Labute approximate surface area is 165 Å². The first-order chi connectivity index (χ1) is 13.1. The van der Waals surface area contributed by atoms with Crippen molar-refractivity contribution in [2.45, 2.75) is 25.7 Å². The van der Waals surface area contributed by atoms with Crippen LogP contribution in [0.1, 0.15) is 19.4 Å². The number of ether oxygens (including phenoxy) is 1. The van der Waals surface area contributed by atoms with Crippen LogP contribution in [0.4, 0.5) is 11.4 Å². The zero-order valence-electron chi connectivity index (χ0n) is 16.2. The van der Waals surface area contributed by atoms with Crippen LogP contribution in [0.3, 0.4) is 0 Å². The van der Waals surface area contributed by atoms with Crippen LogP contribution in [0.25, 0.3) is 0 Å². The number of aryl methyl sites for hydroxylation is 1. The van der Waals surface area contributed by atoms with Crippen LogP contribution >= 0.6 is 0 Å². The zero-order chi connectivity index (χ0) is 20.5. The van der Waals surface area contributed by atoms with Crippen LogP contribution < -0.4 is 14.4 Å². The Hall–Kier alpha value is -2.80. The fourth-order valence-electron chi connectivity index (χ4n) is 2.95. The molecule has 1 aliphatic heterocycles. The molecule has 0 aliphatic carbocycles. The van der Waals surface area contributed by atoms with Gasteiger partial charge in [-0.25, -0.2) is 8.42 Å². The van der Waals surface area contributed by atoms with Crippen molar-refractivity contribution in [1.82, 2.24) is 0 Å². The summed E-state index contributed by atoms with van der Waals surface area (Å²) in [6, 6.07) is 11.5. The third-order valence-electron chi connectivity index (χ3n) is 4.56. The summed E-state index contributed by atoms with van der Waals surface area (Å²) in [6.45, 7) is 9.79. The van der Waals surface area contributed by atoms with Crippen LogP contribution in [-0.2, 0) is 14.8 Å². The topological polar surface area (TPSA) is 75.7 Å². The highest BCUT2D eigenvalue weighted by atomic mass is 32.2. The van der Waals surface area contributed by atoms with Gasteiger partial charge in [-0.05, 0) is 45.0 Å². The van der Waals surface area contributed by atoms with Crippen molar-refractivity contribution in [2.24, 2.45) is 5.41 Å². The minimum Gasteiger partial charge on any atom is -0.490 e. The number of nitrogens with one attached hydrogen (secondary N) is 1. The molecule has 2 aromatic rings. The average Bonchev–Trinajstić information content (AvgIpc) is 2.72. The number of carbonyl (C=O) groups is 1. The van der Waals surface area contributed by atoms with Crippen LogP contribution in [-0.4, -0.2) is 27.5 Å². The molecule has 0 atom stereocenters. The molecular formula is C21H24N2O4S. The summed E-state index contributed by atoms with van der Waals surface area (Å²) < 4.78 is 33.7. The standard InChI is InChI=1S/C21H24N2O4S/c1-5-12-23-18-11-8-16(13-19(18)27-14-21(3,4)20(23)24)22-28(25,26)17-9-6-15(2)7-10-17/h5-11,13,22H,1,12,14H2,2-4H3. The third kappa shape index (κ3) is 3.89. The Morgan fingerprint density at radius 1 is 1.21 bits per heavy atom. The summed E-state index contributed by atoms with van der Waals surface area (Å²) in [5, 5.41) is 0. The Morgan fingerprint density at radius 2 is 1.89 bits per heavy atom. The van der Waals surface area contributed by atoms with E-state index in [1.54, 1.807) is 53.4 Å². The lowest BCUT2D eigenvalue weighted by Crippen LogP contribution is -2.42. The van der Waals surface area contributed by atoms with Crippen LogP contribution in [0.5, 0.6) is 5.75 Å². The molecule has 0 fully saturated rings. The van der Waals surface area contributed by atoms with E-state index < -0.39 is 15.4 Å². The molecule has 2 aromatic carbocycles. The second-order valence-corrected chi connectivity index (χ2v) is 9.16. The van der Waals surface area contributed by atoms with E-state index in [4.69, 9.17) is 4.74 Å². The van der Waals surface area contributed by atoms with E-state index in [-0.39, 0.29) is 17.4 Å². The van der Waals surface area contributed by atoms with Crippen molar-refractivity contribution in [3.63, 3.8) is 0 Å². The maximum Gasteiger partial charge on any atom is 0.261 e. The number of anilines is 2. The highest BCUT2D eigenvalue weighted by Crippen LogP contribution is 2.38. The van der Waals surface area contributed by atoms with Gasteiger partial charge in [-0.15, -0.1) is 6.58 Å². The number of hydrogen-bond donors (Lipinski definition) is 1. The molecule has 148 valence electrons. The lowest BCUT2D eigenvalue weighted by Gasteiger charge is -2.27. The zero-order valence-corrected chi connectivity index (χ0v) is 17.0. The molecule has 3 rings (SSSR count). The van der Waals surface area contributed by atoms with Crippen molar-refractivity contribution >= 4 is 27.3 Å². The molecule has 0 bridgehead atoms. The minimum absolute atomic E-state index is 0.0702. The monoisotopic (exact) mass is 400 g/mol. The van der Waals surface area contributed by atoms with Crippen molar-refractivity contribution in [3.05, 3.63) is 60.7 Å². The predicted octanol–water partition coefficient (Wildman–Crippen LogP) is 3.73. The molecule has 6 nitrogen and oxygen atoms in total. The van der Waals surface area contributed by atoms with Gasteiger partial charge in [0.2, 0.25) is 5.91 Å². The predicted molar refractivity (Wildman–Crippen MR) is 110 cm³/mol. The van der Waals surface area contributed by atoms with Crippen molar-refractivity contribution in [1.29, 1.82) is 0 Å². The lowest BCUT2D eigenvalue weighted by molar-refractivity contribution is -0.127. The number of sulfonamides is 1. The van der Waals surface area contributed by atoms with E-state index in [0.717, 1.165) is 5.56 Å². The van der Waals surface area contributed by atoms with Crippen LogP contribution in [0.2, 0.25) is 0 Å². The van der Waals surface area contributed by atoms with Gasteiger partial charge >= 0.3 is 0 Å². The summed E-state index contributed by atoms with van der Waals surface area (Å²) >= 11 is 0. The number of benzene rings is 2.